The van der Waals surface area contributed by atoms with Crippen LogP contribution >= 0.6 is 11.8 Å². The van der Waals surface area contributed by atoms with Crippen molar-refractivity contribution in [1.82, 2.24) is 5.32 Å². The Bertz CT molecular complexity index is 1340. The molecular formula is C39H58N2O7S. The van der Waals surface area contributed by atoms with Crippen LogP contribution in [0.4, 0.5) is 4.79 Å². The number of nitrogens with zero attached hydrogens (tertiary/aromatic N) is 1. The van der Waals surface area contributed by atoms with Gasteiger partial charge in [0.05, 0.1) is 23.5 Å². The van der Waals surface area contributed by atoms with Crippen LogP contribution in [0.25, 0.3) is 0 Å². The second-order valence-corrected chi connectivity index (χ2v) is 16.4. The molecule has 0 unspecified atom stereocenters. The van der Waals surface area contributed by atoms with Gasteiger partial charge in [-0.3, -0.25) is 0 Å². The highest BCUT2D eigenvalue weighted by Gasteiger charge is 2.64. The molecule has 4 aliphatic rings. The molecule has 2 fully saturated rings. The third kappa shape index (κ3) is 8.86. The van der Waals surface area contributed by atoms with E-state index >= 15 is 0 Å². The van der Waals surface area contributed by atoms with Crippen LogP contribution in [-0.4, -0.2) is 70.3 Å². The number of benzene rings is 1. The number of hydrogen-bond acceptors (Lipinski definition) is 9. The second kappa shape index (κ2) is 17.1. The van der Waals surface area contributed by atoms with E-state index in [1.54, 1.807) is 12.1 Å². The van der Waals surface area contributed by atoms with Gasteiger partial charge in [0.25, 0.3) is 0 Å². The van der Waals surface area contributed by atoms with E-state index in [0.717, 1.165) is 61.1 Å². The summed E-state index contributed by atoms with van der Waals surface area (Å²) in [7, 11) is 0. The van der Waals surface area contributed by atoms with Gasteiger partial charge >= 0.3 is 6.09 Å². The fourth-order valence-corrected chi connectivity index (χ4v) is 10.0. The van der Waals surface area contributed by atoms with E-state index in [-0.39, 0.29) is 42.1 Å². The first-order chi connectivity index (χ1) is 23.6. The van der Waals surface area contributed by atoms with Gasteiger partial charge in [-0.1, -0.05) is 43.0 Å². The molecule has 1 aromatic carbocycles. The van der Waals surface area contributed by atoms with Crippen LogP contribution in [0.5, 0.6) is 11.5 Å². The Labute approximate surface area is 297 Å². The molecule has 0 saturated heterocycles. The molecule has 0 aromatic heterocycles. The van der Waals surface area contributed by atoms with Crippen LogP contribution in [0.1, 0.15) is 110 Å². The molecule has 0 bridgehead atoms. The molecule has 3 N–H and O–H groups in total. The number of fused-ring (bicyclic) bond motifs is 2. The van der Waals surface area contributed by atoms with Gasteiger partial charge in [0.15, 0.2) is 0 Å². The van der Waals surface area contributed by atoms with Crippen molar-refractivity contribution in [3.05, 3.63) is 48.1 Å². The van der Waals surface area contributed by atoms with Gasteiger partial charge in [0.1, 0.15) is 17.1 Å². The standard InChI is InChI=1S/C39H58N2O7S/c1-6-22-45-39-34(49-28-15-8-9-16-28)25-32(41-48-38(3,4)5)30-23-26(14-10-12-20-42)29(17-11-13-21-43)35(36(30)39)31-24-27(18-19-33(31)47-39)46-37(44)40-7-2/h6,18-19,23-24,26,28-29,34-36,42-43H,1,7-17,20-22,25H2,2-5H3,(H,40,44)/t26-,29+,34-,35+,36+,39+/m0/s1. The second-order valence-electron chi connectivity index (χ2n) is 14.9. The third-order valence-electron chi connectivity index (χ3n) is 10.2. The van der Waals surface area contributed by atoms with Crippen LogP contribution in [-0.2, 0) is 9.57 Å². The Balaban J connectivity index is 1.72. The van der Waals surface area contributed by atoms with Crippen molar-refractivity contribution in [3.63, 3.8) is 0 Å². The monoisotopic (exact) mass is 698 g/mol. The number of rotatable bonds is 16. The van der Waals surface area contributed by atoms with Crippen molar-refractivity contribution < 1.29 is 34.1 Å². The maximum absolute atomic E-state index is 12.6. The molecule has 0 radical (unpaired) electrons. The van der Waals surface area contributed by atoms with Crippen LogP contribution in [0.2, 0.25) is 0 Å². The maximum atomic E-state index is 12.6. The molecule has 10 heteroatoms. The first kappa shape index (κ1) is 37.7. The molecule has 6 atom stereocenters. The van der Waals surface area contributed by atoms with E-state index in [2.05, 4.69) is 18.0 Å². The van der Waals surface area contributed by atoms with Gasteiger partial charge < -0.3 is 34.6 Å². The average Bonchev–Trinajstić information content (AvgIpc) is 3.58. The topological polar surface area (TPSA) is 119 Å². The summed E-state index contributed by atoms with van der Waals surface area (Å²) in [5, 5.41) is 27.6. The number of amides is 1. The molecule has 1 aliphatic heterocycles. The van der Waals surface area contributed by atoms with Crippen molar-refractivity contribution in [2.45, 2.75) is 126 Å². The number of hydrogen-bond donors (Lipinski definition) is 3. The van der Waals surface area contributed by atoms with Gasteiger partial charge in [-0.25, -0.2) is 4.79 Å². The lowest BCUT2D eigenvalue weighted by molar-refractivity contribution is -0.223. The molecular weight excluding hydrogens is 641 g/mol. The normalized spacial score (nSPS) is 28.7. The first-order valence-electron chi connectivity index (χ1n) is 18.5. The van der Waals surface area contributed by atoms with Crippen LogP contribution in [0.15, 0.2) is 47.7 Å². The number of aliphatic hydroxyl groups excluding tert-OH is 2. The minimum Gasteiger partial charge on any atom is -0.460 e. The van der Waals surface area contributed by atoms with Crippen molar-refractivity contribution in [3.8, 4) is 11.5 Å². The molecule has 1 amide bonds. The van der Waals surface area contributed by atoms with Crippen molar-refractivity contribution >= 4 is 23.6 Å². The molecule has 9 nitrogen and oxygen atoms in total. The van der Waals surface area contributed by atoms with Crippen LogP contribution < -0.4 is 14.8 Å². The average molecular weight is 699 g/mol. The Morgan fingerprint density at radius 1 is 1.14 bits per heavy atom. The summed E-state index contributed by atoms with van der Waals surface area (Å²) >= 11 is 1.98. The summed E-state index contributed by atoms with van der Waals surface area (Å²) in [5.41, 5.74) is 2.59. The van der Waals surface area contributed by atoms with E-state index in [0.29, 0.717) is 30.6 Å². The Hall–Kier alpha value is -2.53. The fraction of sp³-hybridized carbons (Fsp3) is 0.692. The Morgan fingerprint density at radius 3 is 2.55 bits per heavy atom. The van der Waals surface area contributed by atoms with E-state index in [9.17, 15) is 15.0 Å². The van der Waals surface area contributed by atoms with Gasteiger partial charge in [0.2, 0.25) is 5.79 Å². The highest BCUT2D eigenvalue weighted by Crippen LogP contribution is 2.63. The number of carbonyl (C=O) groups excluding carboxylic acids is 1. The highest BCUT2D eigenvalue weighted by molar-refractivity contribution is 8.00. The molecule has 5 rings (SSSR count). The van der Waals surface area contributed by atoms with Crippen molar-refractivity contribution in [2.24, 2.45) is 22.9 Å². The number of unbranched alkanes of at least 4 members (excludes halogenated alkanes) is 2. The number of ether oxygens (including phenoxy) is 3. The number of carbonyl (C=O) groups is 1. The minimum absolute atomic E-state index is 0.0454. The lowest BCUT2D eigenvalue weighted by Gasteiger charge is -2.58. The van der Waals surface area contributed by atoms with E-state index in [1.807, 2.05) is 51.6 Å². The van der Waals surface area contributed by atoms with Gasteiger partial charge in [-0.2, -0.15) is 0 Å². The number of nitrogens with one attached hydrogen (secondary N) is 1. The van der Waals surface area contributed by atoms with Crippen molar-refractivity contribution in [1.29, 1.82) is 0 Å². The number of oxime groups is 1. The molecule has 1 aromatic rings. The summed E-state index contributed by atoms with van der Waals surface area (Å²) in [6, 6.07) is 5.72. The number of aliphatic hydroxyl groups is 2. The zero-order chi connectivity index (χ0) is 35.0. The van der Waals surface area contributed by atoms with Crippen molar-refractivity contribution in [2.75, 3.05) is 26.4 Å². The molecule has 3 aliphatic carbocycles. The molecule has 1 heterocycles. The lowest BCUT2D eigenvalue weighted by Crippen LogP contribution is -2.64. The van der Waals surface area contributed by atoms with E-state index in [4.69, 9.17) is 24.2 Å². The molecule has 272 valence electrons. The number of thioether (sulfide) groups is 1. The van der Waals surface area contributed by atoms with Gasteiger partial charge in [-0.05, 0) is 102 Å². The molecule has 2 saturated carbocycles. The summed E-state index contributed by atoms with van der Waals surface area (Å²) in [4.78, 5) is 18.7. The minimum atomic E-state index is -0.987. The SMILES string of the molecule is C=CCO[C@@]12Oc3ccc(OC(=O)NCC)cc3[C@H]3[C@H](CCCCO)[C@@H](CCCCO)C=C(C(=NOC(C)(C)C)C[C@@H]1SC1CCCC1)[C@H]32. The summed E-state index contributed by atoms with van der Waals surface area (Å²) < 4.78 is 20.0. The summed E-state index contributed by atoms with van der Waals surface area (Å²) in [6.45, 7) is 13.1. The predicted octanol–water partition coefficient (Wildman–Crippen LogP) is 7.90. The van der Waals surface area contributed by atoms with Gasteiger partial charge in [-0.15, -0.1) is 18.3 Å². The molecule has 0 spiro atoms. The fourth-order valence-electron chi connectivity index (χ4n) is 8.24. The zero-order valence-corrected chi connectivity index (χ0v) is 30.8. The molecule has 49 heavy (non-hydrogen) atoms. The third-order valence-corrected chi connectivity index (χ3v) is 11.9. The number of allylic oxidation sites excluding steroid dienone is 1. The Kier molecular flexibility index (Phi) is 13.2. The first-order valence-corrected chi connectivity index (χ1v) is 19.5. The van der Waals surface area contributed by atoms with Crippen LogP contribution in [0, 0.1) is 17.8 Å². The zero-order valence-electron chi connectivity index (χ0n) is 30.0. The summed E-state index contributed by atoms with van der Waals surface area (Å²) in [5.74, 6) is 0.356. The smallest absolute Gasteiger partial charge is 0.412 e. The van der Waals surface area contributed by atoms with Crippen LogP contribution in [0.3, 0.4) is 0 Å². The summed E-state index contributed by atoms with van der Waals surface area (Å²) in [6.07, 6.45) is 14.2. The predicted molar refractivity (Wildman–Crippen MR) is 195 cm³/mol. The van der Waals surface area contributed by atoms with Gasteiger partial charge in [0, 0.05) is 42.9 Å². The Morgan fingerprint density at radius 2 is 1.88 bits per heavy atom. The lowest BCUT2D eigenvalue weighted by atomic mass is 9.56. The highest BCUT2D eigenvalue weighted by atomic mass is 32.2. The van der Waals surface area contributed by atoms with E-state index in [1.165, 1.54) is 25.7 Å². The maximum Gasteiger partial charge on any atom is 0.412 e. The van der Waals surface area contributed by atoms with E-state index < -0.39 is 17.5 Å². The largest absolute Gasteiger partial charge is 0.460 e. The quantitative estimate of drug-likeness (QED) is 0.0906.